The number of amides is 1. The van der Waals surface area contributed by atoms with E-state index in [-0.39, 0.29) is 11.5 Å². The van der Waals surface area contributed by atoms with Crippen molar-refractivity contribution in [1.29, 1.82) is 0 Å². The molecule has 1 amide bonds. The Morgan fingerprint density at radius 1 is 1.29 bits per heavy atom. The molecule has 21 heavy (non-hydrogen) atoms. The molecule has 0 aliphatic carbocycles. The van der Waals surface area contributed by atoms with Crippen molar-refractivity contribution < 1.29 is 14.7 Å². The second kappa shape index (κ2) is 6.72. The number of carboxylic acid groups (broad SMARTS) is 1. The van der Waals surface area contributed by atoms with Crippen molar-refractivity contribution in [3.63, 3.8) is 0 Å². The molecular formula is C16H22N2O3. The first kappa shape index (κ1) is 15.5. The Bertz CT molecular complexity index is 538. The summed E-state index contributed by atoms with van der Waals surface area (Å²) in [5.41, 5.74) is 2.10. The molecule has 1 heterocycles. The molecule has 0 spiro atoms. The molecule has 1 aromatic carbocycles. The summed E-state index contributed by atoms with van der Waals surface area (Å²) in [6.45, 7) is 7.62. The van der Waals surface area contributed by atoms with E-state index < -0.39 is 5.97 Å². The third-order valence-corrected chi connectivity index (χ3v) is 4.06. The number of aromatic carboxylic acids is 1. The van der Waals surface area contributed by atoms with E-state index in [4.69, 9.17) is 5.11 Å². The zero-order valence-electron chi connectivity index (χ0n) is 12.6. The summed E-state index contributed by atoms with van der Waals surface area (Å²) < 4.78 is 0. The van der Waals surface area contributed by atoms with Gasteiger partial charge in [-0.2, -0.15) is 0 Å². The maximum Gasteiger partial charge on any atom is 0.335 e. The fraction of sp³-hybridized carbons (Fsp3) is 0.500. The van der Waals surface area contributed by atoms with E-state index in [9.17, 15) is 9.59 Å². The summed E-state index contributed by atoms with van der Waals surface area (Å²) >= 11 is 0. The summed E-state index contributed by atoms with van der Waals surface area (Å²) in [5.74, 6) is -0.804. The number of carboxylic acids is 1. The Morgan fingerprint density at radius 3 is 2.62 bits per heavy atom. The fourth-order valence-corrected chi connectivity index (χ4v) is 2.72. The molecule has 1 aromatic rings. The number of benzene rings is 1. The van der Waals surface area contributed by atoms with Crippen LogP contribution in [-0.4, -0.2) is 48.1 Å². The highest BCUT2D eigenvalue weighted by Crippen LogP contribution is 2.28. The van der Waals surface area contributed by atoms with Crippen LogP contribution >= 0.6 is 0 Å². The van der Waals surface area contributed by atoms with Gasteiger partial charge in [0.15, 0.2) is 0 Å². The Kier molecular flexibility index (Phi) is 4.96. The molecule has 0 fully saturated rings. The predicted molar refractivity (Wildman–Crippen MR) is 81.9 cm³/mol. The Morgan fingerprint density at radius 2 is 2.00 bits per heavy atom. The van der Waals surface area contributed by atoms with Crippen molar-refractivity contribution >= 4 is 17.6 Å². The number of hydrogen-bond donors (Lipinski definition) is 1. The molecule has 5 heteroatoms. The van der Waals surface area contributed by atoms with Gasteiger partial charge in [0.25, 0.3) is 0 Å². The van der Waals surface area contributed by atoms with E-state index >= 15 is 0 Å². The molecule has 2 rings (SSSR count). The number of anilines is 1. The first-order chi connectivity index (χ1) is 10.1. The molecule has 1 aliphatic heterocycles. The molecule has 0 bridgehead atoms. The van der Waals surface area contributed by atoms with Crippen LogP contribution in [0.3, 0.4) is 0 Å². The Hall–Kier alpha value is -1.88. The van der Waals surface area contributed by atoms with Gasteiger partial charge in [0.2, 0.25) is 5.91 Å². The molecule has 0 aromatic heterocycles. The number of fused-ring (bicyclic) bond motifs is 1. The van der Waals surface area contributed by atoms with Crippen LogP contribution in [0.2, 0.25) is 0 Å². The molecule has 0 atom stereocenters. The van der Waals surface area contributed by atoms with Gasteiger partial charge in [-0.05, 0) is 43.3 Å². The third-order valence-electron chi connectivity index (χ3n) is 4.06. The number of nitrogens with zero attached hydrogens (tertiary/aromatic N) is 2. The van der Waals surface area contributed by atoms with Crippen molar-refractivity contribution in [2.75, 3.05) is 31.1 Å². The van der Waals surface area contributed by atoms with Crippen LogP contribution < -0.4 is 4.90 Å². The molecule has 0 radical (unpaired) electrons. The highest BCUT2D eigenvalue weighted by Gasteiger charge is 2.25. The lowest BCUT2D eigenvalue weighted by molar-refractivity contribution is -0.118. The zero-order chi connectivity index (χ0) is 15.4. The van der Waals surface area contributed by atoms with Crippen molar-refractivity contribution in [2.24, 2.45) is 0 Å². The Labute approximate surface area is 125 Å². The molecule has 0 unspecified atom stereocenters. The third kappa shape index (κ3) is 3.42. The molecular weight excluding hydrogens is 268 g/mol. The van der Waals surface area contributed by atoms with Crippen molar-refractivity contribution in [3.05, 3.63) is 29.3 Å². The lowest BCUT2D eigenvalue weighted by atomic mass is 9.98. The molecule has 1 N–H and O–H groups in total. The number of carbonyl (C=O) groups is 2. The first-order valence-electron chi connectivity index (χ1n) is 7.45. The van der Waals surface area contributed by atoms with Gasteiger partial charge in [-0.3, -0.25) is 4.79 Å². The van der Waals surface area contributed by atoms with Crippen LogP contribution in [-0.2, 0) is 11.2 Å². The molecule has 0 saturated carbocycles. The minimum absolute atomic E-state index is 0.123. The monoisotopic (exact) mass is 290 g/mol. The minimum Gasteiger partial charge on any atom is -0.478 e. The number of likely N-dealkylation sites (N-methyl/N-ethyl adjacent to an activating group) is 1. The van der Waals surface area contributed by atoms with E-state index in [1.54, 1.807) is 23.1 Å². The quantitative estimate of drug-likeness (QED) is 0.870. The van der Waals surface area contributed by atoms with E-state index in [1.807, 2.05) is 0 Å². The van der Waals surface area contributed by atoms with Gasteiger partial charge in [-0.25, -0.2) is 4.79 Å². The van der Waals surface area contributed by atoms with Crippen LogP contribution in [0.1, 0.15) is 36.2 Å². The van der Waals surface area contributed by atoms with Crippen LogP contribution in [0.25, 0.3) is 0 Å². The van der Waals surface area contributed by atoms with Gasteiger partial charge >= 0.3 is 5.97 Å². The number of aryl methyl sites for hydroxylation is 1. The average molecular weight is 290 g/mol. The van der Waals surface area contributed by atoms with Crippen molar-refractivity contribution in [1.82, 2.24) is 4.90 Å². The highest BCUT2D eigenvalue weighted by molar-refractivity contribution is 5.97. The van der Waals surface area contributed by atoms with Gasteiger partial charge in [0.1, 0.15) is 0 Å². The normalized spacial score (nSPS) is 14.4. The van der Waals surface area contributed by atoms with Gasteiger partial charge in [0.05, 0.1) is 5.56 Å². The van der Waals surface area contributed by atoms with Gasteiger partial charge in [0, 0.05) is 25.2 Å². The first-order valence-corrected chi connectivity index (χ1v) is 7.45. The van der Waals surface area contributed by atoms with Crippen molar-refractivity contribution in [3.8, 4) is 0 Å². The van der Waals surface area contributed by atoms with Gasteiger partial charge in [-0.15, -0.1) is 0 Å². The summed E-state index contributed by atoms with van der Waals surface area (Å²) in [7, 11) is 0. The van der Waals surface area contributed by atoms with E-state index in [0.29, 0.717) is 19.4 Å². The maximum atomic E-state index is 12.2. The van der Waals surface area contributed by atoms with Crippen LogP contribution in [0.5, 0.6) is 0 Å². The SMILES string of the molecule is CCN(CC)CCN1C(=O)CCc2cc(C(=O)O)ccc21. The van der Waals surface area contributed by atoms with Crippen LogP contribution in [0, 0.1) is 0 Å². The Balaban J connectivity index is 2.20. The molecule has 1 aliphatic rings. The summed E-state index contributed by atoms with van der Waals surface area (Å²) in [4.78, 5) is 27.3. The summed E-state index contributed by atoms with van der Waals surface area (Å²) in [6, 6.07) is 5.02. The van der Waals surface area contributed by atoms with Gasteiger partial charge in [-0.1, -0.05) is 13.8 Å². The average Bonchev–Trinajstić information content (AvgIpc) is 2.49. The molecule has 0 saturated heterocycles. The number of hydrogen-bond acceptors (Lipinski definition) is 3. The van der Waals surface area contributed by atoms with E-state index in [1.165, 1.54) is 0 Å². The van der Waals surface area contributed by atoms with Crippen LogP contribution in [0.15, 0.2) is 18.2 Å². The largest absolute Gasteiger partial charge is 0.478 e. The second-order valence-corrected chi connectivity index (χ2v) is 5.22. The van der Waals surface area contributed by atoms with E-state index in [2.05, 4.69) is 18.7 Å². The molecule has 5 nitrogen and oxygen atoms in total. The smallest absolute Gasteiger partial charge is 0.335 e. The fourth-order valence-electron chi connectivity index (χ4n) is 2.72. The maximum absolute atomic E-state index is 12.2. The number of rotatable bonds is 6. The second-order valence-electron chi connectivity index (χ2n) is 5.22. The lowest BCUT2D eigenvalue weighted by Gasteiger charge is -2.31. The zero-order valence-corrected chi connectivity index (χ0v) is 12.6. The van der Waals surface area contributed by atoms with Crippen LogP contribution in [0.4, 0.5) is 5.69 Å². The summed E-state index contributed by atoms with van der Waals surface area (Å²) in [5, 5.41) is 9.06. The standard InChI is InChI=1S/C16H22N2O3/c1-3-17(4-2)9-10-18-14-7-5-13(16(20)21)11-12(14)6-8-15(18)19/h5,7,11H,3-4,6,8-10H2,1-2H3,(H,20,21). The predicted octanol–water partition coefficient (Wildman–Crippen LogP) is 2.01. The van der Waals surface area contributed by atoms with Crippen molar-refractivity contribution in [2.45, 2.75) is 26.7 Å². The minimum atomic E-state index is -0.926. The lowest BCUT2D eigenvalue weighted by Crippen LogP contribution is -2.41. The summed E-state index contributed by atoms with van der Waals surface area (Å²) in [6.07, 6.45) is 1.07. The highest BCUT2D eigenvalue weighted by atomic mass is 16.4. The number of carbonyl (C=O) groups excluding carboxylic acids is 1. The van der Waals surface area contributed by atoms with E-state index in [0.717, 1.165) is 30.9 Å². The topological polar surface area (TPSA) is 60.9 Å². The van der Waals surface area contributed by atoms with Gasteiger partial charge < -0.3 is 14.9 Å². The molecule has 114 valence electrons.